The van der Waals surface area contributed by atoms with Crippen LogP contribution < -0.4 is 0 Å². The lowest BCUT2D eigenvalue weighted by atomic mass is 9.84. The summed E-state index contributed by atoms with van der Waals surface area (Å²) in [5, 5.41) is 0. The van der Waals surface area contributed by atoms with Crippen molar-refractivity contribution in [1.82, 2.24) is 0 Å². The molecule has 5 nitrogen and oxygen atoms in total. The van der Waals surface area contributed by atoms with E-state index in [9.17, 15) is 14.4 Å². The molecule has 0 unspecified atom stereocenters. The average Bonchev–Trinajstić information content (AvgIpc) is 2.66. The summed E-state index contributed by atoms with van der Waals surface area (Å²) in [6, 6.07) is 6.77. The predicted octanol–water partition coefficient (Wildman–Crippen LogP) is 3.95. The van der Waals surface area contributed by atoms with Crippen LogP contribution in [0.3, 0.4) is 0 Å². The molecule has 3 rings (SSSR count). The van der Waals surface area contributed by atoms with Gasteiger partial charge in [0.15, 0.2) is 11.5 Å². The Morgan fingerprint density at radius 3 is 2.52 bits per heavy atom. The predicted molar refractivity (Wildman–Crippen MR) is 100 cm³/mol. The molecule has 27 heavy (non-hydrogen) atoms. The molecule has 2 aliphatic rings. The Morgan fingerprint density at radius 2 is 1.85 bits per heavy atom. The number of hydrogen-bond acceptors (Lipinski definition) is 5. The number of Topliss-reactive ketones (excluding diaryl/α,β-unsaturated/α-hetero) is 2. The third-order valence-corrected chi connectivity index (χ3v) is 4.74. The molecule has 0 saturated carbocycles. The summed E-state index contributed by atoms with van der Waals surface area (Å²) < 4.78 is 10.9. The number of benzene rings is 1. The highest BCUT2D eigenvalue weighted by Crippen LogP contribution is 2.36. The molecule has 0 fully saturated rings. The zero-order chi connectivity index (χ0) is 19.6. The number of esters is 1. The number of ketones is 2. The van der Waals surface area contributed by atoms with Crippen LogP contribution in [0.2, 0.25) is 0 Å². The van der Waals surface area contributed by atoms with Gasteiger partial charge in [0.2, 0.25) is 5.78 Å². The van der Waals surface area contributed by atoms with E-state index in [4.69, 9.17) is 9.47 Å². The fourth-order valence-corrected chi connectivity index (χ4v) is 3.19. The molecular formula is C22H22O5. The second kappa shape index (κ2) is 7.35. The molecular weight excluding hydrogens is 344 g/mol. The molecule has 0 radical (unpaired) electrons. The van der Waals surface area contributed by atoms with Crippen LogP contribution in [-0.4, -0.2) is 29.7 Å². The highest BCUT2D eigenvalue weighted by atomic mass is 16.5. The van der Waals surface area contributed by atoms with Gasteiger partial charge in [-0.25, -0.2) is 4.79 Å². The van der Waals surface area contributed by atoms with Crippen molar-refractivity contribution < 1.29 is 23.9 Å². The maximum absolute atomic E-state index is 12.8. The second-order valence-electron chi connectivity index (χ2n) is 6.84. The first-order valence-corrected chi connectivity index (χ1v) is 9.01. The van der Waals surface area contributed by atoms with Crippen LogP contribution in [0.4, 0.5) is 0 Å². The normalized spacial score (nSPS) is 21.5. The van der Waals surface area contributed by atoms with Crippen molar-refractivity contribution in [2.75, 3.05) is 6.61 Å². The lowest BCUT2D eigenvalue weighted by Crippen LogP contribution is -2.34. The molecule has 1 aliphatic heterocycles. The van der Waals surface area contributed by atoms with Gasteiger partial charge >= 0.3 is 5.97 Å². The third-order valence-electron chi connectivity index (χ3n) is 4.74. The van der Waals surface area contributed by atoms with Crippen molar-refractivity contribution >= 4 is 17.5 Å². The van der Waals surface area contributed by atoms with Crippen LogP contribution in [0.25, 0.3) is 0 Å². The molecule has 1 heterocycles. The molecule has 0 amide bonds. The summed E-state index contributed by atoms with van der Waals surface area (Å²) in [5.41, 5.74) is 0.891. The molecule has 140 valence electrons. The molecule has 0 spiro atoms. The maximum Gasteiger partial charge on any atom is 0.333 e. The van der Waals surface area contributed by atoms with Gasteiger partial charge in [0, 0.05) is 16.7 Å². The minimum atomic E-state index is -0.730. The smallest absolute Gasteiger partial charge is 0.333 e. The highest BCUT2D eigenvalue weighted by molar-refractivity contribution is 6.27. The number of rotatable bonds is 5. The fraction of sp³-hybridized carbons (Fsp3) is 0.318. The number of carbonyl (C=O) groups excluding carboxylic acids is 3. The van der Waals surface area contributed by atoms with E-state index >= 15 is 0 Å². The van der Waals surface area contributed by atoms with E-state index in [-0.39, 0.29) is 23.3 Å². The van der Waals surface area contributed by atoms with E-state index in [1.54, 1.807) is 56.3 Å². The highest BCUT2D eigenvalue weighted by Gasteiger charge is 2.38. The first-order chi connectivity index (χ1) is 12.9. The number of ether oxygens (including phenoxy) is 2. The zero-order valence-corrected chi connectivity index (χ0v) is 15.7. The van der Waals surface area contributed by atoms with E-state index in [0.717, 1.165) is 0 Å². The maximum atomic E-state index is 12.8. The molecule has 0 aromatic heterocycles. The van der Waals surface area contributed by atoms with Gasteiger partial charge < -0.3 is 9.47 Å². The number of fused-ring (bicyclic) bond motifs is 1. The topological polar surface area (TPSA) is 69.7 Å². The van der Waals surface area contributed by atoms with E-state index in [1.165, 1.54) is 0 Å². The van der Waals surface area contributed by atoms with Crippen LogP contribution in [0, 0.1) is 0 Å². The lowest BCUT2D eigenvalue weighted by molar-refractivity contribution is -0.138. The van der Waals surface area contributed by atoms with Gasteiger partial charge in [-0.1, -0.05) is 30.3 Å². The summed E-state index contributed by atoms with van der Waals surface area (Å²) in [6.45, 7) is 5.67. The SMILES string of the molecule is CCOC(=O)/C(C)=C/CC[C@]1(C)C=CC2=C(O1)C(=O)c1ccccc1C2=O. The van der Waals surface area contributed by atoms with Crippen molar-refractivity contribution in [3.05, 3.63) is 70.5 Å². The third kappa shape index (κ3) is 3.63. The van der Waals surface area contributed by atoms with Gasteiger partial charge in [-0.15, -0.1) is 0 Å². The van der Waals surface area contributed by atoms with Gasteiger partial charge in [-0.2, -0.15) is 0 Å². The number of allylic oxidation sites excluding steroid dienone is 4. The quantitative estimate of drug-likeness (QED) is 0.583. The van der Waals surface area contributed by atoms with Crippen LogP contribution >= 0.6 is 0 Å². The van der Waals surface area contributed by atoms with Crippen LogP contribution in [-0.2, 0) is 14.3 Å². The first kappa shape index (κ1) is 18.8. The van der Waals surface area contributed by atoms with Crippen LogP contribution in [0.5, 0.6) is 0 Å². The van der Waals surface area contributed by atoms with E-state index in [2.05, 4.69) is 0 Å². The van der Waals surface area contributed by atoms with Gasteiger partial charge in [0.1, 0.15) is 5.60 Å². The molecule has 1 atom stereocenters. The van der Waals surface area contributed by atoms with Crippen molar-refractivity contribution in [3.63, 3.8) is 0 Å². The van der Waals surface area contributed by atoms with Gasteiger partial charge in [0.25, 0.3) is 0 Å². The average molecular weight is 366 g/mol. The van der Waals surface area contributed by atoms with Gasteiger partial charge in [-0.05, 0) is 45.8 Å². The van der Waals surface area contributed by atoms with Gasteiger partial charge in [-0.3, -0.25) is 9.59 Å². The zero-order valence-electron chi connectivity index (χ0n) is 15.7. The minimum Gasteiger partial charge on any atom is -0.479 e. The molecule has 5 heteroatoms. The molecule has 0 saturated heterocycles. The van der Waals surface area contributed by atoms with Crippen molar-refractivity contribution in [2.45, 2.75) is 39.2 Å². The molecule has 0 bridgehead atoms. The van der Waals surface area contributed by atoms with Crippen molar-refractivity contribution in [1.29, 1.82) is 0 Å². The molecule has 0 N–H and O–H groups in total. The Bertz CT molecular complexity index is 903. The minimum absolute atomic E-state index is 0.106. The Kier molecular flexibility index (Phi) is 5.13. The Balaban J connectivity index is 1.75. The van der Waals surface area contributed by atoms with Crippen molar-refractivity contribution in [3.8, 4) is 0 Å². The monoisotopic (exact) mass is 366 g/mol. The van der Waals surface area contributed by atoms with E-state index in [0.29, 0.717) is 41.7 Å². The van der Waals surface area contributed by atoms with Crippen molar-refractivity contribution in [2.24, 2.45) is 0 Å². The fourth-order valence-electron chi connectivity index (χ4n) is 3.19. The van der Waals surface area contributed by atoms with E-state index in [1.807, 2.05) is 6.92 Å². The lowest BCUT2D eigenvalue weighted by Gasteiger charge is -2.34. The Hall–Kier alpha value is -2.95. The molecule has 1 aromatic carbocycles. The summed E-state index contributed by atoms with van der Waals surface area (Å²) in [7, 11) is 0. The standard InChI is InChI=1S/C22H22O5/c1-4-26-21(25)14(2)8-7-12-22(3)13-11-17-18(23)15-9-5-6-10-16(15)19(24)20(17)27-22/h5-6,8-11,13H,4,7,12H2,1-3H3/b14-8+/t22-/m1/s1. The van der Waals surface area contributed by atoms with Gasteiger partial charge in [0.05, 0.1) is 12.2 Å². The van der Waals surface area contributed by atoms with Crippen LogP contribution in [0.1, 0.15) is 54.3 Å². The summed E-state index contributed by atoms with van der Waals surface area (Å²) in [5.74, 6) is -0.696. The molecule has 1 aliphatic carbocycles. The van der Waals surface area contributed by atoms with E-state index < -0.39 is 5.60 Å². The molecule has 1 aromatic rings. The second-order valence-corrected chi connectivity index (χ2v) is 6.84. The summed E-state index contributed by atoms with van der Waals surface area (Å²) in [4.78, 5) is 37.1. The number of hydrogen-bond donors (Lipinski definition) is 0. The Morgan fingerprint density at radius 1 is 1.19 bits per heavy atom. The first-order valence-electron chi connectivity index (χ1n) is 9.01. The van der Waals surface area contributed by atoms with Crippen LogP contribution in [0.15, 0.2) is 59.4 Å². The largest absolute Gasteiger partial charge is 0.479 e. The summed E-state index contributed by atoms with van der Waals surface area (Å²) >= 11 is 0. The number of carbonyl (C=O) groups is 3. The Labute approximate surface area is 158 Å². The summed E-state index contributed by atoms with van der Waals surface area (Å²) in [6.07, 6.45) is 6.41.